The zero-order valence-electron chi connectivity index (χ0n) is 14.2. The van der Waals surface area contributed by atoms with Crippen LogP contribution < -0.4 is 4.74 Å². The fraction of sp³-hybridized carbons (Fsp3) is 0.526. The molecule has 0 radical (unpaired) electrons. The maximum absolute atomic E-state index is 12.0. The second-order valence-corrected chi connectivity index (χ2v) is 6.84. The molecule has 24 heavy (non-hydrogen) atoms. The van der Waals surface area contributed by atoms with Crippen molar-refractivity contribution in [3.8, 4) is 5.75 Å². The molecular weight excluding hydrogens is 304 g/mol. The van der Waals surface area contributed by atoms with Crippen molar-refractivity contribution in [1.29, 1.82) is 0 Å². The maximum atomic E-state index is 12.0. The predicted octanol–water partition coefficient (Wildman–Crippen LogP) is 3.03. The first-order valence-electron chi connectivity index (χ1n) is 8.81. The summed E-state index contributed by atoms with van der Waals surface area (Å²) in [6.45, 7) is 3.75. The highest BCUT2D eigenvalue weighted by Gasteiger charge is 2.31. The molecule has 0 aliphatic carbocycles. The number of carbonyl (C=O) groups excluding carboxylic acids is 1. The standard InChI is InChI=1S/C19H24N2O3/c1-23-16-6-7-18-14(10-16)11-17(24-18)13-20-8-2-4-15(12-20)21-9-3-5-19(21)22/h6-7,10-11,15H,2-5,8-9,12-13H2,1H3/t15-/m1/s1. The van der Waals surface area contributed by atoms with Crippen LogP contribution >= 0.6 is 0 Å². The van der Waals surface area contributed by atoms with E-state index in [1.54, 1.807) is 7.11 Å². The second-order valence-electron chi connectivity index (χ2n) is 6.84. The summed E-state index contributed by atoms with van der Waals surface area (Å²) in [5.74, 6) is 2.16. The molecule has 3 heterocycles. The highest BCUT2D eigenvalue weighted by molar-refractivity contribution is 5.79. The Bertz CT molecular complexity index is 739. The van der Waals surface area contributed by atoms with Crippen molar-refractivity contribution >= 4 is 16.9 Å². The first kappa shape index (κ1) is 15.5. The van der Waals surface area contributed by atoms with E-state index in [2.05, 4.69) is 15.9 Å². The van der Waals surface area contributed by atoms with Crippen LogP contribution in [0.3, 0.4) is 0 Å². The first-order chi connectivity index (χ1) is 11.7. The van der Waals surface area contributed by atoms with Crippen LogP contribution in [0.15, 0.2) is 28.7 Å². The molecule has 1 aromatic heterocycles. The molecule has 4 rings (SSSR count). The molecule has 0 spiro atoms. The van der Waals surface area contributed by atoms with E-state index < -0.39 is 0 Å². The minimum atomic E-state index is 0.331. The Hall–Kier alpha value is -2.01. The van der Waals surface area contributed by atoms with Gasteiger partial charge in [-0.25, -0.2) is 0 Å². The smallest absolute Gasteiger partial charge is 0.222 e. The van der Waals surface area contributed by atoms with Crippen LogP contribution in [0.4, 0.5) is 0 Å². The zero-order chi connectivity index (χ0) is 16.5. The predicted molar refractivity (Wildman–Crippen MR) is 92.0 cm³/mol. The number of benzene rings is 1. The summed E-state index contributed by atoms with van der Waals surface area (Å²) in [7, 11) is 1.68. The Morgan fingerprint density at radius 2 is 2.17 bits per heavy atom. The summed E-state index contributed by atoms with van der Waals surface area (Å²) in [6.07, 6.45) is 4.00. The van der Waals surface area contributed by atoms with Crippen LogP contribution in [0.1, 0.15) is 31.4 Å². The molecule has 2 aromatic rings. The van der Waals surface area contributed by atoms with Gasteiger partial charge in [-0.05, 0) is 50.1 Å². The summed E-state index contributed by atoms with van der Waals surface area (Å²) in [5, 5.41) is 1.08. The van der Waals surface area contributed by atoms with Gasteiger partial charge in [-0.2, -0.15) is 0 Å². The Kier molecular flexibility index (Phi) is 4.19. The number of fused-ring (bicyclic) bond motifs is 1. The molecule has 1 aromatic carbocycles. The Morgan fingerprint density at radius 3 is 2.96 bits per heavy atom. The molecule has 0 bridgehead atoms. The molecule has 0 unspecified atom stereocenters. The molecular formula is C19H24N2O3. The minimum Gasteiger partial charge on any atom is -0.497 e. The third-order valence-electron chi connectivity index (χ3n) is 5.19. The van der Waals surface area contributed by atoms with Crippen LogP contribution in [-0.2, 0) is 11.3 Å². The molecule has 0 N–H and O–H groups in total. The zero-order valence-corrected chi connectivity index (χ0v) is 14.2. The van der Waals surface area contributed by atoms with Crippen LogP contribution in [0, 0.1) is 0 Å². The van der Waals surface area contributed by atoms with E-state index in [0.717, 1.165) is 74.3 Å². The molecule has 2 saturated heterocycles. The molecule has 2 aliphatic rings. The lowest BCUT2D eigenvalue weighted by molar-refractivity contribution is -0.130. The van der Waals surface area contributed by atoms with Crippen molar-refractivity contribution < 1.29 is 13.9 Å². The van der Waals surface area contributed by atoms with Crippen LogP contribution in [0.2, 0.25) is 0 Å². The first-order valence-corrected chi connectivity index (χ1v) is 8.81. The number of likely N-dealkylation sites (tertiary alicyclic amines) is 2. The number of rotatable bonds is 4. The number of amides is 1. The normalized spacial score (nSPS) is 22.5. The van der Waals surface area contributed by atoms with Gasteiger partial charge in [0.2, 0.25) is 5.91 Å². The van der Waals surface area contributed by atoms with Crippen LogP contribution in [0.25, 0.3) is 11.0 Å². The summed E-state index contributed by atoms with van der Waals surface area (Å²) in [4.78, 5) is 16.5. The fourth-order valence-electron chi connectivity index (χ4n) is 3.99. The molecule has 0 saturated carbocycles. The van der Waals surface area contributed by atoms with Gasteiger partial charge in [0.25, 0.3) is 0 Å². The molecule has 1 amide bonds. The number of hydrogen-bond donors (Lipinski definition) is 0. The SMILES string of the molecule is COc1ccc2oc(CN3CCC[C@@H](N4CCCC4=O)C3)cc2c1. The van der Waals surface area contributed by atoms with Crippen molar-refractivity contribution in [2.75, 3.05) is 26.7 Å². The van der Waals surface area contributed by atoms with Crippen molar-refractivity contribution in [1.82, 2.24) is 9.80 Å². The average molecular weight is 328 g/mol. The van der Waals surface area contributed by atoms with E-state index in [4.69, 9.17) is 9.15 Å². The molecule has 5 heteroatoms. The van der Waals surface area contributed by atoms with Gasteiger partial charge in [0.1, 0.15) is 17.1 Å². The highest BCUT2D eigenvalue weighted by atomic mass is 16.5. The van der Waals surface area contributed by atoms with Crippen molar-refractivity contribution in [3.63, 3.8) is 0 Å². The Labute approximate surface area is 142 Å². The largest absolute Gasteiger partial charge is 0.497 e. The lowest BCUT2D eigenvalue weighted by Gasteiger charge is -2.37. The van der Waals surface area contributed by atoms with E-state index in [1.807, 2.05) is 18.2 Å². The molecule has 5 nitrogen and oxygen atoms in total. The lowest BCUT2D eigenvalue weighted by atomic mass is 10.0. The maximum Gasteiger partial charge on any atom is 0.222 e. The fourth-order valence-corrected chi connectivity index (χ4v) is 3.99. The third-order valence-corrected chi connectivity index (χ3v) is 5.19. The molecule has 2 fully saturated rings. The van der Waals surface area contributed by atoms with E-state index in [-0.39, 0.29) is 0 Å². The quantitative estimate of drug-likeness (QED) is 0.865. The van der Waals surface area contributed by atoms with E-state index >= 15 is 0 Å². The monoisotopic (exact) mass is 328 g/mol. The minimum absolute atomic E-state index is 0.331. The van der Waals surface area contributed by atoms with E-state index in [1.165, 1.54) is 0 Å². The van der Waals surface area contributed by atoms with Crippen LogP contribution in [-0.4, -0.2) is 48.5 Å². The number of hydrogen-bond acceptors (Lipinski definition) is 4. The van der Waals surface area contributed by atoms with Gasteiger partial charge in [-0.15, -0.1) is 0 Å². The lowest BCUT2D eigenvalue weighted by Crippen LogP contribution is -2.48. The van der Waals surface area contributed by atoms with Gasteiger partial charge in [0.05, 0.1) is 13.7 Å². The van der Waals surface area contributed by atoms with Crippen molar-refractivity contribution in [2.45, 2.75) is 38.3 Å². The van der Waals surface area contributed by atoms with Gasteiger partial charge in [-0.1, -0.05) is 0 Å². The average Bonchev–Trinajstić information content (AvgIpc) is 3.19. The van der Waals surface area contributed by atoms with Gasteiger partial charge in [0, 0.05) is 30.9 Å². The van der Waals surface area contributed by atoms with Crippen molar-refractivity contribution in [2.24, 2.45) is 0 Å². The Morgan fingerprint density at radius 1 is 1.25 bits per heavy atom. The van der Waals surface area contributed by atoms with Crippen LogP contribution in [0.5, 0.6) is 5.75 Å². The number of nitrogens with zero attached hydrogens (tertiary/aromatic N) is 2. The van der Waals surface area contributed by atoms with Gasteiger partial charge in [-0.3, -0.25) is 9.69 Å². The summed E-state index contributed by atoms with van der Waals surface area (Å²) >= 11 is 0. The van der Waals surface area contributed by atoms with Crippen molar-refractivity contribution in [3.05, 3.63) is 30.0 Å². The highest BCUT2D eigenvalue weighted by Crippen LogP contribution is 2.27. The summed E-state index contributed by atoms with van der Waals surface area (Å²) in [5.41, 5.74) is 0.897. The van der Waals surface area contributed by atoms with E-state index in [9.17, 15) is 4.79 Å². The third kappa shape index (κ3) is 3.00. The second kappa shape index (κ2) is 6.48. The summed E-state index contributed by atoms with van der Waals surface area (Å²) < 4.78 is 11.2. The number of furan rings is 1. The van der Waals surface area contributed by atoms with Gasteiger partial charge in [0.15, 0.2) is 0 Å². The Balaban J connectivity index is 1.45. The van der Waals surface area contributed by atoms with E-state index in [0.29, 0.717) is 11.9 Å². The van der Waals surface area contributed by atoms with Gasteiger partial charge >= 0.3 is 0 Å². The molecule has 2 aliphatic heterocycles. The summed E-state index contributed by atoms with van der Waals surface area (Å²) in [6, 6.07) is 8.36. The van der Waals surface area contributed by atoms with Gasteiger partial charge < -0.3 is 14.1 Å². The molecule has 1 atom stereocenters. The number of ether oxygens (including phenoxy) is 1. The number of methoxy groups -OCH3 is 1. The topological polar surface area (TPSA) is 45.9 Å². The number of piperidine rings is 1. The molecule has 128 valence electrons. The number of carbonyl (C=O) groups is 1.